The van der Waals surface area contributed by atoms with Crippen molar-refractivity contribution in [1.82, 2.24) is 0 Å². The third kappa shape index (κ3) is 17.3. The fraction of sp³-hybridized carbons (Fsp3) is 0.900. The molecule has 72 valence electrons. The first kappa shape index (κ1) is 18.8. The van der Waals surface area contributed by atoms with Gasteiger partial charge in [0.05, 0.1) is 0 Å². The Morgan fingerprint density at radius 3 is 2.00 bits per heavy atom. The maximum Gasteiger partial charge on any atom is 0 e. The summed E-state index contributed by atoms with van der Waals surface area (Å²) in [5.74, 6) is 0.654. The summed E-state index contributed by atoms with van der Waals surface area (Å²) in [5, 5.41) is 0. The standard InChI is InChI=1S/C10H21.BrH.Zn/c1-4-5-6-7-8-9-10(2)3;;/h10H,2,4-9H2,1,3H3;1H;/q-1;;. The first-order valence-electron chi connectivity index (χ1n) is 4.60. The Bertz CT molecular complexity index is 64.9. The van der Waals surface area contributed by atoms with Gasteiger partial charge in [-0.05, 0) is 0 Å². The van der Waals surface area contributed by atoms with E-state index in [4.69, 9.17) is 0 Å². The topological polar surface area (TPSA) is 0 Å². The van der Waals surface area contributed by atoms with E-state index in [0.717, 1.165) is 0 Å². The van der Waals surface area contributed by atoms with E-state index in [1.165, 1.54) is 38.5 Å². The summed E-state index contributed by atoms with van der Waals surface area (Å²) < 4.78 is 0. The maximum atomic E-state index is 3.96. The van der Waals surface area contributed by atoms with Crippen molar-refractivity contribution in [2.75, 3.05) is 0 Å². The third-order valence-corrected chi connectivity index (χ3v) is 1.80. The average Bonchev–Trinajstić information content (AvgIpc) is 1.87. The van der Waals surface area contributed by atoms with E-state index in [1.807, 2.05) is 0 Å². The van der Waals surface area contributed by atoms with Crippen molar-refractivity contribution in [3.05, 3.63) is 6.92 Å². The second-order valence-electron chi connectivity index (χ2n) is 3.31. The average molecular weight is 288 g/mol. The van der Waals surface area contributed by atoms with Crippen LogP contribution in [0.5, 0.6) is 0 Å². The van der Waals surface area contributed by atoms with Crippen LogP contribution in [-0.2, 0) is 19.5 Å². The van der Waals surface area contributed by atoms with Gasteiger partial charge in [-0.1, -0.05) is 52.4 Å². The van der Waals surface area contributed by atoms with Gasteiger partial charge in [-0.2, -0.15) is 5.92 Å². The minimum absolute atomic E-state index is 0. The van der Waals surface area contributed by atoms with Crippen LogP contribution >= 0.6 is 17.0 Å². The Kier molecular flexibility index (Phi) is 22.9. The molecule has 0 saturated heterocycles. The fourth-order valence-corrected chi connectivity index (χ4v) is 1.10. The molecule has 0 N–H and O–H groups in total. The van der Waals surface area contributed by atoms with Gasteiger partial charge in [-0.15, -0.1) is 17.0 Å². The van der Waals surface area contributed by atoms with Crippen molar-refractivity contribution >= 4 is 17.0 Å². The van der Waals surface area contributed by atoms with E-state index in [2.05, 4.69) is 20.8 Å². The van der Waals surface area contributed by atoms with Crippen molar-refractivity contribution in [3.8, 4) is 0 Å². The second kappa shape index (κ2) is 14.6. The number of halogens is 1. The summed E-state index contributed by atoms with van der Waals surface area (Å²) in [6.45, 7) is 8.40. The third-order valence-electron chi connectivity index (χ3n) is 1.80. The number of hydrogen-bond donors (Lipinski definition) is 0. The van der Waals surface area contributed by atoms with Crippen LogP contribution in [0.25, 0.3) is 0 Å². The fourth-order valence-electron chi connectivity index (χ4n) is 1.10. The minimum atomic E-state index is 0. The summed E-state index contributed by atoms with van der Waals surface area (Å²) in [7, 11) is 0. The summed E-state index contributed by atoms with van der Waals surface area (Å²) in [4.78, 5) is 0. The molecule has 0 rings (SSSR count). The molecule has 0 radical (unpaired) electrons. The first-order valence-corrected chi connectivity index (χ1v) is 4.60. The Balaban J connectivity index is -0.000000405. The molecule has 0 aliphatic carbocycles. The number of rotatable bonds is 6. The molecule has 1 unspecified atom stereocenters. The van der Waals surface area contributed by atoms with Crippen LogP contribution in [0.3, 0.4) is 0 Å². The molecule has 0 heterocycles. The molecule has 0 bridgehead atoms. The Hall–Kier alpha value is 1.10. The molecule has 0 aromatic rings. The smallest absolute Gasteiger partial charge is 0 e. The van der Waals surface area contributed by atoms with Crippen molar-refractivity contribution in [2.45, 2.75) is 52.4 Å². The van der Waals surface area contributed by atoms with Gasteiger partial charge in [0, 0.05) is 19.5 Å². The van der Waals surface area contributed by atoms with E-state index in [-0.39, 0.29) is 36.5 Å². The van der Waals surface area contributed by atoms with Gasteiger partial charge in [0.25, 0.3) is 0 Å². The second-order valence-corrected chi connectivity index (χ2v) is 3.31. The van der Waals surface area contributed by atoms with Crippen molar-refractivity contribution in [1.29, 1.82) is 0 Å². The van der Waals surface area contributed by atoms with Crippen molar-refractivity contribution < 1.29 is 19.5 Å². The van der Waals surface area contributed by atoms with Gasteiger partial charge in [0.2, 0.25) is 0 Å². The number of unbranched alkanes of at least 4 members (excludes halogenated alkanes) is 4. The predicted molar refractivity (Wildman–Crippen MR) is 58.2 cm³/mol. The largest absolute Gasteiger partial charge is 0.341 e. The SMILES string of the molecule is Br.[CH2-]C(C)CCCCCCC.[Zn]. The summed E-state index contributed by atoms with van der Waals surface area (Å²) in [5.41, 5.74) is 0. The molecule has 1 atom stereocenters. The predicted octanol–water partition coefficient (Wildman–Crippen LogP) is 4.39. The molecule has 12 heavy (non-hydrogen) atoms. The maximum absolute atomic E-state index is 3.96. The minimum Gasteiger partial charge on any atom is -0.341 e. The zero-order chi connectivity index (χ0) is 7.82. The van der Waals surface area contributed by atoms with Crippen LogP contribution in [0.15, 0.2) is 0 Å². The van der Waals surface area contributed by atoms with Crippen LogP contribution in [-0.4, -0.2) is 0 Å². The Labute approximate surface area is 101 Å². The van der Waals surface area contributed by atoms with Crippen molar-refractivity contribution in [3.63, 3.8) is 0 Å². The molecule has 0 spiro atoms. The van der Waals surface area contributed by atoms with E-state index in [0.29, 0.717) is 5.92 Å². The molecule has 0 aliphatic heterocycles. The summed E-state index contributed by atoms with van der Waals surface area (Å²) >= 11 is 0. The van der Waals surface area contributed by atoms with E-state index < -0.39 is 0 Å². The molecule has 0 amide bonds. The molecule has 0 aromatic carbocycles. The first-order chi connectivity index (χ1) is 4.77. The zero-order valence-corrected chi connectivity index (χ0v) is 13.3. The molecule has 0 fully saturated rings. The van der Waals surface area contributed by atoms with Gasteiger partial charge < -0.3 is 6.92 Å². The molecule has 0 aromatic heterocycles. The summed E-state index contributed by atoms with van der Waals surface area (Å²) in [6.07, 6.45) is 8.27. The van der Waals surface area contributed by atoms with E-state index in [1.54, 1.807) is 0 Å². The number of hydrogen-bond acceptors (Lipinski definition) is 0. The van der Waals surface area contributed by atoms with Crippen LogP contribution in [0.1, 0.15) is 52.4 Å². The quantitative estimate of drug-likeness (QED) is 0.386. The molecular formula is C10H22BrZn-. The molecule has 2 heteroatoms. The monoisotopic (exact) mass is 285 g/mol. The molecule has 0 saturated carbocycles. The van der Waals surface area contributed by atoms with Crippen LogP contribution in [0.2, 0.25) is 0 Å². The van der Waals surface area contributed by atoms with Crippen LogP contribution in [0, 0.1) is 12.8 Å². The van der Waals surface area contributed by atoms with Gasteiger partial charge in [0.15, 0.2) is 0 Å². The molecule has 0 nitrogen and oxygen atoms in total. The molecular weight excluding hydrogens is 265 g/mol. The van der Waals surface area contributed by atoms with E-state index >= 15 is 0 Å². The normalized spacial score (nSPS) is 11.2. The van der Waals surface area contributed by atoms with Gasteiger partial charge in [-0.25, -0.2) is 0 Å². The molecule has 0 aliphatic rings. The van der Waals surface area contributed by atoms with Crippen LogP contribution in [0.4, 0.5) is 0 Å². The Morgan fingerprint density at radius 2 is 1.58 bits per heavy atom. The van der Waals surface area contributed by atoms with Gasteiger partial charge in [-0.3, -0.25) is 0 Å². The van der Waals surface area contributed by atoms with E-state index in [9.17, 15) is 0 Å². The zero-order valence-electron chi connectivity index (χ0n) is 8.64. The van der Waals surface area contributed by atoms with Gasteiger partial charge >= 0.3 is 0 Å². The van der Waals surface area contributed by atoms with Gasteiger partial charge in [0.1, 0.15) is 0 Å². The Morgan fingerprint density at radius 1 is 1.08 bits per heavy atom. The van der Waals surface area contributed by atoms with Crippen molar-refractivity contribution in [2.24, 2.45) is 5.92 Å². The summed E-state index contributed by atoms with van der Waals surface area (Å²) in [6, 6.07) is 0. The van der Waals surface area contributed by atoms with Crippen LogP contribution < -0.4 is 0 Å².